The van der Waals surface area contributed by atoms with E-state index >= 15 is 0 Å². The van der Waals surface area contributed by atoms with Gasteiger partial charge in [0.15, 0.2) is 0 Å². The predicted octanol–water partition coefficient (Wildman–Crippen LogP) is 2.70. The first-order valence-electron chi connectivity index (χ1n) is 7.32. The molecule has 2 aromatic carbocycles. The van der Waals surface area contributed by atoms with Gasteiger partial charge in [-0.3, -0.25) is 0 Å². The van der Waals surface area contributed by atoms with E-state index in [-0.39, 0.29) is 11.4 Å². The Morgan fingerprint density at radius 1 is 1.08 bits per heavy atom. The number of fused-ring (bicyclic) bond motifs is 1. The molecule has 24 heavy (non-hydrogen) atoms. The minimum Gasteiger partial charge on any atom is -0.497 e. The Hall–Kier alpha value is -2.16. The molecular formula is C16H17N3O3S2. The Balaban J connectivity index is 1.57. The number of hydrogen-bond donors (Lipinski definition) is 2. The summed E-state index contributed by atoms with van der Waals surface area (Å²) in [5.74, 6) is 1.39. The lowest BCUT2D eigenvalue weighted by Crippen LogP contribution is -2.29. The second kappa shape index (κ2) is 7.16. The summed E-state index contributed by atoms with van der Waals surface area (Å²) in [5.41, 5.74) is 0. The number of nitrogens with one attached hydrogen (secondary N) is 2. The monoisotopic (exact) mass is 363 g/mol. The fourth-order valence-electron chi connectivity index (χ4n) is 2.22. The summed E-state index contributed by atoms with van der Waals surface area (Å²) >= 11 is 1.41. The lowest BCUT2D eigenvalue weighted by atomic mass is 10.2. The average molecular weight is 363 g/mol. The lowest BCUT2D eigenvalue weighted by molar-refractivity contribution is 0.414. The van der Waals surface area contributed by atoms with Crippen LogP contribution in [0.1, 0.15) is 0 Å². The Labute approximate surface area is 144 Å². The largest absolute Gasteiger partial charge is 0.497 e. The molecule has 0 aliphatic rings. The molecule has 1 heterocycles. The highest BCUT2D eigenvalue weighted by Gasteiger charge is 2.13. The van der Waals surface area contributed by atoms with E-state index in [0.717, 1.165) is 15.9 Å². The second-order valence-electron chi connectivity index (χ2n) is 5.03. The van der Waals surface area contributed by atoms with E-state index in [0.29, 0.717) is 12.3 Å². The normalized spacial score (nSPS) is 11.5. The summed E-state index contributed by atoms with van der Waals surface area (Å²) in [6.45, 7) is 0.712. The van der Waals surface area contributed by atoms with Crippen LogP contribution in [-0.4, -0.2) is 33.0 Å². The second-order valence-corrected chi connectivity index (χ2v) is 7.60. The van der Waals surface area contributed by atoms with Gasteiger partial charge in [0.05, 0.1) is 16.7 Å². The summed E-state index contributed by atoms with van der Waals surface area (Å²) in [5, 5.41) is 4.20. The lowest BCUT2D eigenvalue weighted by Gasteiger charge is -2.08. The molecule has 126 valence electrons. The maximum Gasteiger partial charge on any atom is 0.240 e. The molecule has 0 unspecified atom stereocenters. The quantitative estimate of drug-likeness (QED) is 0.631. The SMILES string of the molecule is COc1ccc(S(=O)(=O)NCCNc2nsc3ccccc23)cc1. The number of rotatable bonds is 7. The van der Waals surface area contributed by atoms with Crippen molar-refractivity contribution < 1.29 is 13.2 Å². The van der Waals surface area contributed by atoms with Gasteiger partial charge in [-0.05, 0) is 47.9 Å². The number of nitrogens with zero attached hydrogens (tertiary/aromatic N) is 1. The highest BCUT2D eigenvalue weighted by atomic mass is 32.2. The number of aromatic nitrogens is 1. The van der Waals surface area contributed by atoms with E-state index < -0.39 is 10.0 Å². The van der Waals surface area contributed by atoms with E-state index in [1.807, 2.05) is 24.3 Å². The third kappa shape index (κ3) is 3.66. The third-order valence-corrected chi connectivity index (χ3v) is 5.76. The van der Waals surface area contributed by atoms with Crippen LogP contribution in [-0.2, 0) is 10.0 Å². The molecule has 0 aliphatic heterocycles. The molecule has 0 radical (unpaired) electrons. The Kier molecular flexibility index (Phi) is 4.98. The molecule has 2 N–H and O–H groups in total. The molecule has 3 rings (SSSR count). The minimum absolute atomic E-state index is 0.211. The first kappa shape index (κ1) is 16.7. The molecule has 8 heteroatoms. The van der Waals surface area contributed by atoms with Crippen molar-refractivity contribution in [1.82, 2.24) is 9.10 Å². The van der Waals surface area contributed by atoms with E-state index in [1.54, 1.807) is 12.1 Å². The van der Waals surface area contributed by atoms with Crippen molar-refractivity contribution in [2.24, 2.45) is 0 Å². The van der Waals surface area contributed by atoms with Gasteiger partial charge < -0.3 is 10.1 Å². The maximum absolute atomic E-state index is 12.2. The molecule has 0 saturated heterocycles. The number of anilines is 1. The van der Waals surface area contributed by atoms with Crippen molar-refractivity contribution in [1.29, 1.82) is 0 Å². The van der Waals surface area contributed by atoms with Gasteiger partial charge in [-0.1, -0.05) is 12.1 Å². The molecule has 0 aliphatic carbocycles. The Bertz CT molecular complexity index is 921. The van der Waals surface area contributed by atoms with Crippen molar-refractivity contribution in [3.05, 3.63) is 48.5 Å². The summed E-state index contributed by atoms with van der Waals surface area (Å²) in [4.78, 5) is 0.211. The molecule has 0 saturated carbocycles. The molecular weight excluding hydrogens is 346 g/mol. The minimum atomic E-state index is -3.53. The zero-order chi connectivity index (χ0) is 17.0. The third-order valence-electron chi connectivity index (χ3n) is 3.46. The highest BCUT2D eigenvalue weighted by Crippen LogP contribution is 2.25. The van der Waals surface area contributed by atoms with Crippen molar-refractivity contribution in [3.63, 3.8) is 0 Å². The van der Waals surface area contributed by atoms with E-state index in [2.05, 4.69) is 14.4 Å². The van der Waals surface area contributed by atoms with E-state index in [9.17, 15) is 8.42 Å². The first-order chi connectivity index (χ1) is 11.6. The van der Waals surface area contributed by atoms with Crippen LogP contribution < -0.4 is 14.8 Å². The van der Waals surface area contributed by atoms with E-state index in [4.69, 9.17) is 4.74 Å². The van der Waals surface area contributed by atoms with Gasteiger partial charge in [0, 0.05) is 18.5 Å². The van der Waals surface area contributed by atoms with Crippen molar-refractivity contribution in [2.75, 3.05) is 25.5 Å². The van der Waals surface area contributed by atoms with Gasteiger partial charge >= 0.3 is 0 Å². The van der Waals surface area contributed by atoms with Crippen LogP contribution in [0.25, 0.3) is 10.1 Å². The van der Waals surface area contributed by atoms with Gasteiger partial charge in [-0.25, -0.2) is 13.1 Å². The predicted molar refractivity (Wildman–Crippen MR) is 96.3 cm³/mol. The van der Waals surface area contributed by atoms with E-state index in [1.165, 1.54) is 30.8 Å². The molecule has 0 atom stereocenters. The number of benzene rings is 2. The molecule has 0 fully saturated rings. The van der Waals surface area contributed by atoms with Gasteiger partial charge in [0.25, 0.3) is 0 Å². The number of sulfonamides is 1. The Morgan fingerprint density at radius 2 is 1.83 bits per heavy atom. The zero-order valence-corrected chi connectivity index (χ0v) is 14.7. The highest BCUT2D eigenvalue weighted by molar-refractivity contribution is 7.89. The van der Waals surface area contributed by atoms with Crippen LogP contribution in [0.4, 0.5) is 5.82 Å². The number of ether oxygens (including phenoxy) is 1. The van der Waals surface area contributed by atoms with Gasteiger partial charge in [0.1, 0.15) is 11.6 Å². The standard InChI is InChI=1S/C16H17N3O3S2/c1-22-12-6-8-13(9-7-12)24(20,21)18-11-10-17-16-14-4-2-3-5-15(14)23-19-16/h2-9,18H,10-11H2,1H3,(H,17,19). The fourth-order valence-corrected chi connectivity index (χ4v) is 4.00. The number of hydrogen-bond acceptors (Lipinski definition) is 6. The summed E-state index contributed by atoms with van der Waals surface area (Å²) < 4.78 is 37.5. The van der Waals surface area contributed by atoms with Gasteiger partial charge in [-0.15, -0.1) is 0 Å². The van der Waals surface area contributed by atoms with Crippen LogP contribution in [0.15, 0.2) is 53.4 Å². The van der Waals surface area contributed by atoms with Crippen molar-refractivity contribution >= 4 is 37.5 Å². The number of methoxy groups -OCH3 is 1. The molecule has 0 amide bonds. The molecule has 3 aromatic rings. The maximum atomic E-state index is 12.2. The Morgan fingerprint density at radius 3 is 2.58 bits per heavy atom. The zero-order valence-electron chi connectivity index (χ0n) is 13.0. The molecule has 6 nitrogen and oxygen atoms in total. The van der Waals surface area contributed by atoms with Gasteiger partial charge in [-0.2, -0.15) is 4.37 Å². The van der Waals surface area contributed by atoms with Gasteiger partial charge in [0.2, 0.25) is 10.0 Å². The smallest absolute Gasteiger partial charge is 0.240 e. The molecule has 1 aromatic heterocycles. The van der Waals surface area contributed by atoms with Crippen molar-refractivity contribution in [2.45, 2.75) is 4.90 Å². The van der Waals surface area contributed by atoms with Crippen LogP contribution in [0.3, 0.4) is 0 Å². The average Bonchev–Trinajstić information content (AvgIpc) is 3.02. The molecule has 0 spiro atoms. The van der Waals surface area contributed by atoms with Crippen LogP contribution in [0.2, 0.25) is 0 Å². The first-order valence-corrected chi connectivity index (χ1v) is 9.58. The van der Waals surface area contributed by atoms with Crippen LogP contribution in [0.5, 0.6) is 5.75 Å². The van der Waals surface area contributed by atoms with Crippen LogP contribution >= 0.6 is 11.5 Å². The fraction of sp³-hybridized carbons (Fsp3) is 0.188. The topological polar surface area (TPSA) is 80.3 Å². The van der Waals surface area contributed by atoms with Crippen LogP contribution in [0, 0.1) is 0 Å². The summed E-state index contributed by atoms with van der Waals surface area (Å²) in [7, 11) is -1.99. The molecule has 0 bridgehead atoms. The summed E-state index contributed by atoms with van der Waals surface area (Å²) in [6.07, 6.45) is 0. The summed E-state index contributed by atoms with van der Waals surface area (Å²) in [6, 6.07) is 14.2. The van der Waals surface area contributed by atoms with Crippen molar-refractivity contribution in [3.8, 4) is 5.75 Å².